The van der Waals surface area contributed by atoms with Gasteiger partial charge in [-0.3, -0.25) is 4.79 Å². The fourth-order valence-electron chi connectivity index (χ4n) is 2.76. The number of rotatable bonds is 4. The molecule has 20 heavy (non-hydrogen) atoms. The zero-order valence-corrected chi connectivity index (χ0v) is 14.2. The van der Waals surface area contributed by atoms with Gasteiger partial charge in [-0.15, -0.1) is 0 Å². The van der Waals surface area contributed by atoms with Crippen molar-refractivity contribution in [1.82, 2.24) is 4.90 Å². The van der Waals surface area contributed by atoms with Crippen LogP contribution in [0.4, 0.5) is 0 Å². The highest BCUT2D eigenvalue weighted by Gasteiger charge is 2.18. The molecule has 1 unspecified atom stereocenters. The van der Waals surface area contributed by atoms with E-state index in [-0.39, 0.29) is 5.78 Å². The molecule has 1 fully saturated rings. The Bertz CT molecular complexity index is 478. The molecule has 1 aliphatic rings. The smallest absolute Gasteiger partial charge is 0.165 e. The number of ketones is 1. The molecule has 1 atom stereocenters. The predicted octanol–water partition coefficient (Wildman–Crippen LogP) is 4.94. The third kappa shape index (κ3) is 4.31. The van der Waals surface area contributed by atoms with Crippen LogP contribution in [0.1, 0.15) is 49.4 Å². The van der Waals surface area contributed by atoms with Gasteiger partial charge in [-0.25, -0.2) is 0 Å². The zero-order chi connectivity index (χ0) is 14.5. The van der Waals surface area contributed by atoms with E-state index in [0.29, 0.717) is 23.0 Å². The second-order valence-corrected chi connectivity index (χ2v) is 6.85. The van der Waals surface area contributed by atoms with Gasteiger partial charge in [0, 0.05) is 29.0 Å². The first-order valence-corrected chi connectivity index (χ1v) is 8.47. The van der Waals surface area contributed by atoms with Crippen LogP contribution < -0.4 is 0 Å². The van der Waals surface area contributed by atoms with Crippen molar-refractivity contribution >= 4 is 33.3 Å². The molecule has 0 amide bonds. The second kappa shape index (κ2) is 7.58. The average Bonchev–Trinajstić information content (AvgIpc) is 2.61. The molecule has 2 nitrogen and oxygen atoms in total. The van der Waals surface area contributed by atoms with Crippen molar-refractivity contribution in [2.75, 3.05) is 13.1 Å². The molecule has 0 aliphatic carbocycles. The lowest BCUT2D eigenvalue weighted by atomic mass is 10.1. The van der Waals surface area contributed by atoms with E-state index in [9.17, 15) is 4.79 Å². The maximum absolute atomic E-state index is 12.3. The molecule has 1 saturated heterocycles. The van der Waals surface area contributed by atoms with Crippen molar-refractivity contribution in [3.8, 4) is 0 Å². The summed E-state index contributed by atoms with van der Waals surface area (Å²) < 4.78 is 0.903. The minimum absolute atomic E-state index is 0.138. The molecule has 0 N–H and O–H groups in total. The molecular formula is C16H21BrClNO. The summed E-state index contributed by atoms with van der Waals surface area (Å²) in [6.45, 7) is 4.22. The van der Waals surface area contributed by atoms with Crippen LogP contribution >= 0.6 is 27.5 Å². The average molecular weight is 359 g/mol. The van der Waals surface area contributed by atoms with E-state index < -0.39 is 0 Å². The van der Waals surface area contributed by atoms with Crippen molar-refractivity contribution in [3.05, 3.63) is 33.3 Å². The minimum Gasteiger partial charge on any atom is -0.300 e. The summed E-state index contributed by atoms with van der Waals surface area (Å²) in [4.78, 5) is 14.7. The van der Waals surface area contributed by atoms with E-state index in [1.54, 1.807) is 12.1 Å². The van der Waals surface area contributed by atoms with Gasteiger partial charge in [-0.1, -0.05) is 40.4 Å². The van der Waals surface area contributed by atoms with E-state index >= 15 is 0 Å². The first-order chi connectivity index (χ1) is 9.58. The molecule has 0 saturated carbocycles. The van der Waals surface area contributed by atoms with Crippen LogP contribution in [-0.2, 0) is 0 Å². The normalized spacial score (nSPS) is 20.6. The van der Waals surface area contributed by atoms with Gasteiger partial charge < -0.3 is 4.90 Å². The number of Topliss-reactive ketones (excluding diaryl/α,β-unsaturated/α-hetero) is 1. The zero-order valence-electron chi connectivity index (χ0n) is 11.9. The lowest BCUT2D eigenvalue weighted by Gasteiger charge is -2.26. The van der Waals surface area contributed by atoms with Crippen molar-refractivity contribution in [3.63, 3.8) is 0 Å². The highest BCUT2D eigenvalue weighted by Crippen LogP contribution is 2.23. The fourth-order valence-corrected chi connectivity index (χ4v) is 3.54. The van der Waals surface area contributed by atoms with E-state index in [1.165, 1.54) is 25.7 Å². The van der Waals surface area contributed by atoms with Crippen molar-refractivity contribution < 1.29 is 4.79 Å². The Morgan fingerprint density at radius 2 is 2.20 bits per heavy atom. The summed E-state index contributed by atoms with van der Waals surface area (Å²) in [7, 11) is 0. The summed E-state index contributed by atoms with van der Waals surface area (Å²) in [5, 5.41) is 0.535. The summed E-state index contributed by atoms with van der Waals surface area (Å²) in [6, 6.07) is 6.04. The number of hydrogen-bond acceptors (Lipinski definition) is 2. The Morgan fingerprint density at radius 1 is 1.40 bits per heavy atom. The van der Waals surface area contributed by atoms with Gasteiger partial charge >= 0.3 is 0 Å². The predicted molar refractivity (Wildman–Crippen MR) is 87.6 cm³/mol. The van der Waals surface area contributed by atoms with Crippen LogP contribution in [0.5, 0.6) is 0 Å². The van der Waals surface area contributed by atoms with Crippen LogP contribution in [0.25, 0.3) is 0 Å². The molecule has 0 spiro atoms. The Hall–Kier alpha value is -0.380. The Morgan fingerprint density at radius 3 is 2.95 bits per heavy atom. The highest BCUT2D eigenvalue weighted by molar-refractivity contribution is 9.10. The third-order valence-electron chi connectivity index (χ3n) is 4.05. The molecule has 1 heterocycles. The van der Waals surface area contributed by atoms with Gasteiger partial charge in [0.2, 0.25) is 0 Å². The van der Waals surface area contributed by atoms with Gasteiger partial charge in [0.05, 0.1) is 5.02 Å². The topological polar surface area (TPSA) is 20.3 Å². The van der Waals surface area contributed by atoms with E-state index in [2.05, 4.69) is 27.8 Å². The lowest BCUT2D eigenvalue weighted by Crippen LogP contribution is -2.34. The number of hydrogen-bond donors (Lipinski definition) is 0. The Kier molecular flexibility index (Phi) is 6.06. The minimum atomic E-state index is 0.138. The first-order valence-electron chi connectivity index (χ1n) is 7.30. The third-order valence-corrected chi connectivity index (χ3v) is 4.85. The molecule has 0 aromatic heterocycles. The molecule has 0 bridgehead atoms. The number of carbonyl (C=O) groups excluding carboxylic acids is 1. The van der Waals surface area contributed by atoms with Crippen LogP contribution in [-0.4, -0.2) is 29.8 Å². The molecule has 110 valence electrons. The van der Waals surface area contributed by atoms with E-state index in [1.807, 2.05) is 6.07 Å². The number of benzene rings is 1. The van der Waals surface area contributed by atoms with Crippen molar-refractivity contribution in [2.45, 2.75) is 45.1 Å². The summed E-state index contributed by atoms with van der Waals surface area (Å²) in [6.07, 6.45) is 5.66. The summed E-state index contributed by atoms with van der Waals surface area (Å²) in [5.74, 6) is 0.138. The number of nitrogens with zero attached hydrogens (tertiary/aromatic N) is 1. The Balaban J connectivity index is 1.94. The number of halogens is 2. The molecule has 1 aromatic carbocycles. The fraction of sp³-hybridized carbons (Fsp3) is 0.562. The van der Waals surface area contributed by atoms with Gasteiger partial charge in [0.25, 0.3) is 0 Å². The molecule has 0 radical (unpaired) electrons. The molecular weight excluding hydrogens is 338 g/mol. The number of carbonyl (C=O) groups is 1. The maximum atomic E-state index is 12.3. The second-order valence-electron chi connectivity index (χ2n) is 5.53. The molecule has 4 heteroatoms. The number of likely N-dealkylation sites (tertiary alicyclic amines) is 1. The quantitative estimate of drug-likeness (QED) is 0.711. The molecule has 2 rings (SSSR count). The largest absolute Gasteiger partial charge is 0.300 e. The molecule has 1 aliphatic heterocycles. The maximum Gasteiger partial charge on any atom is 0.165 e. The summed E-state index contributed by atoms with van der Waals surface area (Å²) in [5.41, 5.74) is 0.636. The Labute approximate surface area is 134 Å². The monoisotopic (exact) mass is 357 g/mol. The van der Waals surface area contributed by atoms with Crippen molar-refractivity contribution in [2.24, 2.45) is 0 Å². The van der Waals surface area contributed by atoms with Crippen LogP contribution in [0.3, 0.4) is 0 Å². The molecule has 1 aromatic rings. The standard InChI is InChI=1S/C16H21BrClNO/c1-12-5-3-2-4-9-19(12)10-8-16(20)14-7-6-13(17)11-15(14)18/h6-7,11-12H,2-5,8-10H2,1H3. The SMILES string of the molecule is CC1CCCCCN1CCC(=O)c1ccc(Br)cc1Cl. The van der Waals surface area contributed by atoms with Crippen LogP contribution in [0, 0.1) is 0 Å². The van der Waals surface area contributed by atoms with Crippen LogP contribution in [0.15, 0.2) is 22.7 Å². The van der Waals surface area contributed by atoms with E-state index in [0.717, 1.165) is 17.6 Å². The van der Waals surface area contributed by atoms with E-state index in [4.69, 9.17) is 11.6 Å². The summed E-state index contributed by atoms with van der Waals surface area (Å²) >= 11 is 9.50. The van der Waals surface area contributed by atoms with Crippen molar-refractivity contribution in [1.29, 1.82) is 0 Å². The van der Waals surface area contributed by atoms with Crippen LogP contribution in [0.2, 0.25) is 5.02 Å². The van der Waals surface area contributed by atoms with Gasteiger partial charge in [-0.05, 0) is 44.5 Å². The van der Waals surface area contributed by atoms with Gasteiger partial charge in [0.15, 0.2) is 5.78 Å². The lowest BCUT2D eigenvalue weighted by molar-refractivity contribution is 0.0954. The highest BCUT2D eigenvalue weighted by atomic mass is 79.9. The van der Waals surface area contributed by atoms with Gasteiger partial charge in [0.1, 0.15) is 0 Å². The van der Waals surface area contributed by atoms with Gasteiger partial charge in [-0.2, -0.15) is 0 Å². The first kappa shape index (κ1) is 16.0.